The first-order valence-electron chi connectivity index (χ1n) is 5.39. The second-order valence-electron chi connectivity index (χ2n) is 3.85. The van der Waals surface area contributed by atoms with Crippen LogP contribution in [0.4, 0.5) is 0 Å². The maximum absolute atomic E-state index is 5.87. The molecule has 0 aliphatic carbocycles. The van der Waals surface area contributed by atoms with E-state index in [0.29, 0.717) is 5.92 Å². The van der Waals surface area contributed by atoms with Crippen molar-refractivity contribution in [2.45, 2.75) is 13.0 Å². The van der Waals surface area contributed by atoms with Crippen LogP contribution < -0.4 is 5.32 Å². The van der Waals surface area contributed by atoms with Crippen molar-refractivity contribution in [1.82, 2.24) is 5.32 Å². The van der Waals surface area contributed by atoms with Gasteiger partial charge in [-0.15, -0.1) is 12.4 Å². The zero-order valence-corrected chi connectivity index (χ0v) is 10.9. The molecule has 1 N–H and O–H groups in total. The predicted molar refractivity (Wildman–Crippen MR) is 69.4 cm³/mol. The van der Waals surface area contributed by atoms with E-state index < -0.39 is 0 Å². The maximum atomic E-state index is 5.87. The zero-order chi connectivity index (χ0) is 10.7. The number of halogens is 2. The first-order chi connectivity index (χ1) is 7.31. The second kappa shape index (κ2) is 6.45. The van der Waals surface area contributed by atoms with E-state index in [1.165, 1.54) is 5.56 Å². The molecule has 1 aliphatic rings. The quantitative estimate of drug-likeness (QED) is 0.900. The van der Waals surface area contributed by atoms with Crippen molar-refractivity contribution < 1.29 is 4.74 Å². The molecule has 1 heterocycles. The number of nitrogens with one attached hydrogen (secondary N) is 1. The number of rotatable bonds is 4. The highest BCUT2D eigenvalue weighted by Gasteiger charge is 2.28. The SMILES string of the molecule is CCOC(c1ccc(Cl)cc1)C1CNC1.Cl. The molecule has 1 saturated heterocycles. The average Bonchev–Trinajstić information content (AvgIpc) is 2.16. The zero-order valence-electron chi connectivity index (χ0n) is 9.28. The Morgan fingerprint density at radius 1 is 1.38 bits per heavy atom. The summed E-state index contributed by atoms with van der Waals surface area (Å²) in [7, 11) is 0. The van der Waals surface area contributed by atoms with Gasteiger partial charge in [0, 0.05) is 30.6 Å². The molecule has 16 heavy (non-hydrogen) atoms. The Hall–Kier alpha value is -0.280. The van der Waals surface area contributed by atoms with Gasteiger partial charge >= 0.3 is 0 Å². The minimum absolute atomic E-state index is 0. The number of hydrogen-bond donors (Lipinski definition) is 1. The molecule has 2 rings (SSSR count). The third-order valence-electron chi connectivity index (χ3n) is 2.79. The van der Waals surface area contributed by atoms with Crippen molar-refractivity contribution in [2.75, 3.05) is 19.7 Å². The lowest BCUT2D eigenvalue weighted by molar-refractivity contribution is 0.000437. The summed E-state index contributed by atoms with van der Waals surface area (Å²) in [5, 5.41) is 4.05. The molecular formula is C12H17Cl2NO. The Labute approximate surface area is 108 Å². The van der Waals surface area contributed by atoms with E-state index in [0.717, 1.165) is 24.7 Å². The summed E-state index contributed by atoms with van der Waals surface area (Å²) in [5.74, 6) is 0.603. The van der Waals surface area contributed by atoms with Crippen LogP contribution in [0.2, 0.25) is 5.02 Å². The highest BCUT2D eigenvalue weighted by molar-refractivity contribution is 6.30. The van der Waals surface area contributed by atoms with E-state index in [1.54, 1.807) is 0 Å². The number of hydrogen-bond acceptors (Lipinski definition) is 2. The summed E-state index contributed by atoms with van der Waals surface area (Å²) in [4.78, 5) is 0. The highest BCUT2D eigenvalue weighted by atomic mass is 35.5. The smallest absolute Gasteiger partial charge is 0.0877 e. The molecule has 0 aromatic heterocycles. The molecule has 2 nitrogen and oxygen atoms in total. The first-order valence-corrected chi connectivity index (χ1v) is 5.77. The Morgan fingerprint density at radius 3 is 2.44 bits per heavy atom. The Kier molecular flexibility index (Phi) is 5.56. The van der Waals surface area contributed by atoms with Gasteiger partial charge in [0.05, 0.1) is 6.10 Å². The molecule has 0 amide bonds. The van der Waals surface area contributed by atoms with Gasteiger partial charge in [-0.1, -0.05) is 23.7 Å². The monoisotopic (exact) mass is 261 g/mol. The van der Waals surface area contributed by atoms with Gasteiger partial charge in [-0.2, -0.15) is 0 Å². The molecule has 1 atom stereocenters. The Morgan fingerprint density at radius 2 is 2.00 bits per heavy atom. The molecule has 90 valence electrons. The third-order valence-corrected chi connectivity index (χ3v) is 3.04. The summed E-state index contributed by atoms with van der Waals surface area (Å²) in [6.07, 6.45) is 0.216. The van der Waals surface area contributed by atoms with E-state index in [2.05, 4.69) is 17.4 Å². The standard InChI is InChI=1S/C12H16ClNO.ClH/c1-2-15-12(10-7-14-8-10)9-3-5-11(13)6-4-9;/h3-6,10,12,14H,2,7-8H2,1H3;1H. The molecule has 1 fully saturated rings. The van der Waals surface area contributed by atoms with E-state index >= 15 is 0 Å². The van der Waals surface area contributed by atoms with Crippen LogP contribution in [0, 0.1) is 5.92 Å². The molecule has 1 unspecified atom stereocenters. The van der Waals surface area contributed by atoms with E-state index in [4.69, 9.17) is 16.3 Å². The van der Waals surface area contributed by atoms with Crippen molar-refractivity contribution in [2.24, 2.45) is 5.92 Å². The average molecular weight is 262 g/mol. The summed E-state index contributed by atoms with van der Waals surface area (Å²) in [5.41, 5.74) is 1.23. The van der Waals surface area contributed by atoms with Crippen molar-refractivity contribution in [1.29, 1.82) is 0 Å². The van der Waals surface area contributed by atoms with Gasteiger partial charge in [-0.05, 0) is 24.6 Å². The summed E-state index contributed by atoms with van der Waals surface area (Å²) >= 11 is 5.87. The van der Waals surface area contributed by atoms with Crippen molar-refractivity contribution >= 4 is 24.0 Å². The Bertz CT molecular complexity index is 311. The normalized spacial score (nSPS) is 17.4. The molecule has 4 heteroatoms. The van der Waals surface area contributed by atoms with Gasteiger partial charge in [0.1, 0.15) is 0 Å². The van der Waals surface area contributed by atoms with Gasteiger partial charge in [-0.25, -0.2) is 0 Å². The summed E-state index contributed by atoms with van der Waals surface area (Å²) < 4.78 is 5.79. The van der Waals surface area contributed by atoms with Gasteiger partial charge < -0.3 is 10.1 Å². The maximum Gasteiger partial charge on any atom is 0.0877 e. The topological polar surface area (TPSA) is 21.3 Å². The van der Waals surface area contributed by atoms with Crippen LogP contribution in [-0.2, 0) is 4.74 Å². The largest absolute Gasteiger partial charge is 0.373 e. The van der Waals surface area contributed by atoms with Crippen LogP contribution in [0.15, 0.2) is 24.3 Å². The lowest BCUT2D eigenvalue weighted by atomic mass is 9.91. The Balaban J connectivity index is 0.00000128. The minimum atomic E-state index is 0. The number of ether oxygens (including phenoxy) is 1. The third kappa shape index (κ3) is 3.11. The summed E-state index contributed by atoms with van der Waals surface area (Å²) in [6.45, 7) is 4.89. The fourth-order valence-corrected chi connectivity index (χ4v) is 1.99. The molecule has 0 radical (unpaired) electrons. The van der Waals surface area contributed by atoms with Gasteiger partial charge in [0.15, 0.2) is 0 Å². The predicted octanol–water partition coefficient (Wildman–Crippen LogP) is 3.06. The van der Waals surface area contributed by atoms with Crippen molar-refractivity contribution in [3.63, 3.8) is 0 Å². The molecule has 0 spiro atoms. The second-order valence-corrected chi connectivity index (χ2v) is 4.28. The fourth-order valence-electron chi connectivity index (χ4n) is 1.86. The van der Waals surface area contributed by atoms with Crippen LogP contribution in [0.25, 0.3) is 0 Å². The van der Waals surface area contributed by atoms with Crippen molar-refractivity contribution in [3.8, 4) is 0 Å². The molecule has 0 bridgehead atoms. The van der Waals surface area contributed by atoms with Gasteiger partial charge in [0.25, 0.3) is 0 Å². The van der Waals surface area contributed by atoms with E-state index in [9.17, 15) is 0 Å². The minimum Gasteiger partial charge on any atom is -0.373 e. The van der Waals surface area contributed by atoms with Gasteiger partial charge in [-0.3, -0.25) is 0 Å². The molecule has 1 aromatic carbocycles. The molecule has 0 saturated carbocycles. The molecule has 1 aromatic rings. The molecular weight excluding hydrogens is 245 g/mol. The lowest BCUT2D eigenvalue weighted by Gasteiger charge is -2.34. The van der Waals surface area contributed by atoms with E-state index in [1.807, 2.05) is 19.1 Å². The summed E-state index contributed by atoms with van der Waals surface area (Å²) in [6, 6.07) is 7.96. The van der Waals surface area contributed by atoms with Crippen LogP contribution in [-0.4, -0.2) is 19.7 Å². The van der Waals surface area contributed by atoms with Crippen molar-refractivity contribution in [3.05, 3.63) is 34.9 Å². The van der Waals surface area contributed by atoms with Crippen LogP contribution in [0.1, 0.15) is 18.6 Å². The number of benzene rings is 1. The lowest BCUT2D eigenvalue weighted by Crippen LogP contribution is -2.45. The molecule has 1 aliphatic heterocycles. The fraction of sp³-hybridized carbons (Fsp3) is 0.500. The van der Waals surface area contributed by atoms with Gasteiger partial charge in [0.2, 0.25) is 0 Å². The van der Waals surface area contributed by atoms with E-state index in [-0.39, 0.29) is 18.5 Å². The first kappa shape index (κ1) is 13.8. The van der Waals surface area contributed by atoms with Crippen LogP contribution in [0.5, 0.6) is 0 Å². The van der Waals surface area contributed by atoms with Crippen LogP contribution >= 0.6 is 24.0 Å². The highest BCUT2D eigenvalue weighted by Crippen LogP contribution is 2.29. The van der Waals surface area contributed by atoms with Crippen LogP contribution in [0.3, 0.4) is 0 Å².